The highest BCUT2D eigenvalue weighted by Crippen LogP contribution is 2.27. The van der Waals surface area contributed by atoms with Crippen LogP contribution >= 0.6 is 0 Å². The van der Waals surface area contributed by atoms with Gasteiger partial charge in [-0.1, -0.05) is 48.5 Å². The average molecular weight is 284 g/mol. The number of nitrogens with zero attached hydrogens (tertiary/aromatic N) is 1. The Hall–Kier alpha value is -1.87. The number of benzene rings is 2. The molecule has 0 saturated heterocycles. The molecular weight excluding hydrogens is 263 g/mol. The molecular formula is C18H21FN2. The summed E-state index contributed by atoms with van der Waals surface area (Å²) >= 11 is 0. The number of para-hydroxylation sites is 1. The lowest BCUT2D eigenvalue weighted by atomic mass is 10.1. The summed E-state index contributed by atoms with van der Waals surface area (Å²) in [7, 11) is 0. The van der Waals surface area contributed by atoms with E-state index in [9.17, 15) is 4.39 Å². The van der Waals surface area contributed by atoms with Crippen molar-refractivity contribution in [3.05, 3.63) is 65.7 Å². The monoisotopic (exact) mass is 284 g/mol. The zero-order valence-corrected chi connectivity index (χ0v) is 12.1. The highest BCUT2D eigenvalue weighted by atomic mass is 19.1. The lowest BCUT2D eigenvalue weighted by molar-refractivity contribution is 0.464. The minimum Gasteiger partial charge on any atom is -0.369 e. The number of halogens is 1. The van der Waals surface area contributed by atoms with Gasteiger partial charge in [0.25, 0.3) is 0 Å². The number of hydrogen-bond donors (Lipinski definition) is 1. The van der Waals surface area contributed by atoms with Gasteiger partial charge in [-0.25, -0.2) is 0 Å². The maximum absolute atomic E-state index is 12.6. The van der Waals surface area contributed by atoms with E-state index in [-0.39, 0.29) is 12.7 Å². The van der Waals surface area contributed by atoms with E-state index in [1.807, 2.05) is 6.07 Å². The highest BCUT2D eigenvalue weighted by molar-refractivity contribution is 5.55. The van der Waals surface area contributed by atoms with Crippen molar-refractivity contribution < 1.29 is 4.39 Å². The molecule has 2 nitrogen and oxygen atoms in total. The molecule has 0 radical (unpaired) electrons. The molecule has 0 fully saturated rings. The molecule has 0 bridgehead atoms. The van der Waals surface area contributed by atoms with Crippen LogP contribution in [0.3, 0.4) is 0 Å². The summed E-state index contributed by atoms with van der Waals surface area (Å²) < 4.78 is 12.6. The number of alkyl halides is 1. The Morgan fingerprint density at radius 1 is 1.05 bits per heavy atom. The molecule has 0 amide bonds. The second kappa shape index (κ2) is 6.72. The molecule has 2 aromatic carbocycles. The van der Waals surface area contributed by atoms with Crippen LogP contribution in [0.5, 0.6) is 0 Å². The lowest BCUT2D eigenvalue weighted by Crippen LogP contribution is -2.33. The Kier molecular flexibility index (Phi) is 4.51. The van der Waals surface area contributed by atoms with Crippen LogP contribution in [0.2, 0.25) is 0 Å². The highest BCUT2D eigenvalue weighted by Gasteiger charge is 2.21. The van der Waals surface area contributed by atoms with E-state index in [0.29, 0.717) is 6.42 Å². The molecule has 1 N–H and O–H groups in total. The standard InChI is InChI=1S/C18H21FN2/c19-11-6-12-21-14-17(15-7-2-1-3-8-15)20-13-16-9-4-5-10-18(16)21/h1-5,7-10,17,20H,6,11-14H2. The van der Waals surface area contributed by atoms with Crippen molar-refractivity contribution in [2.24, 2.45) is 0 Å². The topological polar surface area (TPSA) is 15.3 Å². The fraction of sp³-hybridized carbons (Fsp3) is 0.333. The largest absolute Gasteiger partial charge is 0.369 e. The smallest absolute Gasteiger partial charge is 0.0911 e. The van der Waals surface area contributed by atoms with Gasteiger partial charge in [0.2, 0.25) is 0 Å². The van der Waals surface area contributed by atoms with E-state index < -0.39 is 0 Å². The Labute approximate surface area is 125 Å². The maximum Gasteiger partial charge on any atom is 0.0911 e. The SMILES string of the molecule is FCCCN1CC(c2ccccc2)NCc2ccccc21. The lowest BCUT2D eigenvalue weighted by Gasteiger charge is -2.27. The molecule has 0 aliphatic carbocycles. The Morgan fingerprint density at radius 3 is 2.62 bits per heavy atom. The van der Waals surface area contributed by atoms with Crippen molar-refractivity contribution in [3.8, 4) is 0 Å². The van der Waals surface area contributed by atoms with Gasteiger partial charge in [0.1, 0.15) is 0 Å². The summed E-state index contributed by atoms with van der Waals surface area (Å²) in [5.74, 6) is 0. The second-order valence-electron chi connectivity index (χ2n) is 5.46. The molecule has 0 saturated carbocycles. The van der Waals surface area contributed by atoms with Gasteiger partial charge in [-0.2, -0.15) is 0 Å². The van der Waals surface area contributed by atoms with Crippen molar-refractivity contribution in [2.45, 2.75) is 19.0 Å². The number of fused-ring (bicyclic) bond motifs is 1. The number of anilines is 1. The Balaban J connectivity index is 1.87. The van der Waals surface area contributed by atoms with Crippen molar-refractivity contribution in [1.82, 2.24) is 5.32 Å². The van der Waals surface area contributed by atoms with Gasteiger partial charge in [0.05, 0.1) is 12.7 Å². The normalized spacial score (nSPS) is 18.1. The van der Waals surface area contributed by atoms with Crippen LogP contribution in [0.25, 0.3) is 0 Å². The summed E-state index contributed by atoms with van der Waals surface area (Å²) in [4.78, 5) is 2.31. The quantitative estimate of drug-likeness (QED) is 0.921. The zero-order valence-electron chi connectivity index (χ0n) is 12.1. The predicted molar refractivity (Wildman–Crippen MR) is 85.3 cm³/mol. The molecule has 1 unspecified atom stereocenters. The predicted octanol–water partition coefficient (Wildman–Crippen LogP) is 3.70. The van der Waals surface area contributed by atoms with Gasteiger partial charge in [-0.05, 0) is 23.6 Å². The first-order chi connectivity index (χ1) is 10.4. The third kappa shape index (κ3) is 3.24. The zero-order chi connectivity index (χ0) is 14.5. The molecule has 2 aromatic rings. The van der Waals surface area contributed by atoms with Crippen LogP contribution < -0.4 is 10.2 Å². The van der Waals surface area contributed by atoms with Crippen LogP contribution in [0.1, 0.15) is 23.6 Å². The van der Waals surface area contributed by atoms with E-state index in [1.54, 1.807) is 0 Å². The van der Waals surface area contributed by atoms with Gasteiger partial charge >= 0.3 is 0 Å². The maximum atomic E-state index is 12.6. The van der Waals surface area contributed by atoms with Gasteiger partial charge in [-0.3, -0.25) is 4.39 Å². The molecule has 1 aliphatic rings. The summed E-state index contributed by atoms with van der Waals surface area (Å²) in [6, 6.07) is 19.2. The first kappa shape index (κ1) is 14.1. The third-order valence-electron chi connectivity index (χ3n) is 4.04. The summed E-state index contributed by atoms with van der Waals surface area (Å²) in [6.07, 6.45) is 0.579. The number of hydrogen-bond acceptors (Lipinski definition) is 2. The summed E-state index contributed by atoms with van der Waals surface area (Å²) in [5.41, 5.74) is 3.81. The minimum absolute atomic E-state index is 0.262. The Morgan fingerprint density at radius 2 is 1.81 bits per heavy atom. The molecule has 3 rings (SSSR count). The fourth-order valence-electron chi connectivity index (χ4n) is 2.96. The number of rotatable bonds is 4. The van der Waals surface area contributed by atoms with Crippen LogP contribution in [0, 0.1) is 0 Å². The van der Waals surface area contributed by atoms with Crippen LogP contribution in [0.15, 0.2) is 54.6 Å². The van der Waals surface area contributed by atoms with Gasteiger partial charge < -0.3 is 10.2 Å². The van der Waals surface area contributed by atoms with Gasteiger partial charge in [-0.15, -0.1) is 0 Å². The van der Waals surface area contributed by atoms with Crippen molar-refractivity contribution in [2.75, 3.05) is 24.7 Å². The van der Waals surface area contributed by atoms with Crippen LogP contribution in [0.4, 0.5) is 10.1 Å². The van der Waals surface area contributed by atoms with E-state index in [0.717, 1.165) is 19.6 Å². The molecule has 3 heteroatoms. The van der Waals surface area contributed by atoms with Gasteiger partial charge in [0.15, 0.2) is 0 Å². The first-order valence-corrected chi connectivity index (χ1v) is 7.55. The van der Waals surface area contributed by atoms with Gasteiger partial charge in [0, 0.05) is 25.3 Å². The van der Waals surface area contributed by atoms with E-state index in [4.69, 9.17) is 0 Å². The van der Waals surface area contributed by atoms with Crippen molar-refractivity contribution in [1.29, 1.82) is 0 Å². The third-order valence-corrected chi connectivity index (χ3v) is 4.04. The summed E-state index contributed by atoms with van der Waals surface area (Å²) in [5, 5.41) is 3.63. The molecule has 1 atom stereocenters. The molecule has 0 aromatic heterocycles. The Bertz CT molecular complexity index is 570. The molecule has 0 spiro atoms. The molecule has 110 valence electrons. The van der Waals surface area contributed by atoms with Crippen molar-refractivity contribution >= 4 is 5.69 Å². The van der Waals surface area contributed by atoms with Crippen molar-refractivity contribution in [3.63, 3.8) is 0 Å². The van der Waals surface area contributed by atoms with E-state index in [2.05, 4.69) is 58.7 Å². The molecule has 21 heavy (non-hydrogen) atoms. The second-order valence-corrected chi connectivity index (χ2v) is 5.46. The van der Waals surface area contributed by atoms with E-state index >= 15 is 0 Å². The first-order valence-electron chi connectivity index (χ1n) is 7.55. The number of nitrogens with one attached hydrogen (secondary N) is 1. The van der Waals surface area contributed by atoms with E-state index in [1.165, 1.54) is 16.8 Å². The summed E-state index contributed by atoms with van der Waals surface area (Å²) in [6.45, 7) is 2.23. The fourth-order valence-corrected chi connectivity index (χ4v) is 2.96. The average Bonchev–Trinajstić information content (AvgIpc) is 2.74. The molecule has 1 heterocycles. The van der Waals surface area contributed by atoms with Crippen LogP contribution in [-0.4, -0.2) is 19.8 Å². The minimum atomic E-state index is -0.262. The molecule has 1 aliphatic heterocycles. The van der Waals surface area contributed by atoms with Crippen LogP contribution in [-0.2, 0) is 6.54 Å².